The second-order valence-electron chi connectivity index (χ2n) is 5.46. The van der Waals surface area contributed by atoms with E-state index in [1.807, 2.05) is 6.92 Å². The Kier molecular flexibility index (Phi) is 4.25. The number of carbonyl (C=O) groups is 1. The lowest BCUT2D eigenvalue weighted by Gasteiger charge is -2.15. The van der Waals surface area contributed by atoms with Gasteiger partial charge in [-0.2, -0.15) is 0 Å². The fourth-order valence-corrected chi connectivity index (χ4v) is 3.00. The number of rotatable bonds is 5. The molecule has 1 amide bonds. The van der Waals surface area contributed by atoms with Crippen LogP contribution in [0.1, 0.15) is 13.3 Å². The summed E-state index contributed by atoms with van der Waals surface area (Å²) in [7, 11) is 0.852. The number of hydrogen-bond donors (Lipinski definition) is 1. The first-order chi connectivity index (χ1) is 9.77. The van der Waals surface area contributed by atoms with Crippen LogP contribution in [-0.4, -0.2) is 39.8 Å². The van der Waals surface area contributed by atoms with E-state index in [9.17, 15) is 13.2 Å². The molecule has 1 saturated carbocycles. The zero-order valence-electron chi connectivity index (χ0n) is 12.6. The van der Waals surface area contributed by atoms with Crippen LogP contribution in [0, 0.1) is 11.8 Å². The van der Waals surface area contributed by atoms with Gasteiger partial charge >= 0.3 is 0 Å². The first-order valence-corrected chi connectivity index (χ1v) is 8.12. The maximum Gasteiger partial charge on any atom is 0.242 e. The molecule has 0 aliphatic heterocycles. The van der Waals surface area contributed by atoms with Crippen LogP contribution >= 0.6 is 0 Å². The van der Waals surface area contributed by atoms with Crippen LogP contribution in [0.25, 0.3) is 0 Å². The SMILES string of the molecule is COc1ccc(S(=O)(=O)N(C)C)cc1NC(=O)C1CC1C. The Balaban J connectivity index is 2.32. The van der Waals surface area contributed by atoms with Gasteiger partial charge in [-0.1, -0.05) is 6.92 Å². The van der Waals surface area contributed by atoms with Crippen molar-refractivity contribution in [2.75, 3.05) is 26.5 Å². The normalized spacial score (nSPS) is 21.2. The number of carbonyl (C=O) groups excluding carboxylic acids is 1. The average molecular weight is 312 g/mol. The van der Waals surface area contributed by atoms with Crippen LogP contribution in [0.3, 0.4) is 0 Å². The van der Waals surface area contributed by atoms with E-state index in [4.69, 9.17) is 4.74 Å². The highest BCUT2D eigenvalue weighted by atomic mass is 32.2. The number of amides is 1. The van der Waals surface area contributed by atoms with Crippen LogP contribution in [-0.2, 0) is 14.8 Å². The molecule has 1 aliphatic rings. The largest absolute Gasteiger partial charge is 0.495 e. The van der Waals surface area contributed by atoms with Gasteiger partial charge in [0.2, 0.25) is 15.9 Å². The van der Waals surface area contributed by atoms with Crippen molar-refractivity contribution in [2.45, 2.75) is 18.2 Å². The van der Waals surface area contributed by atoms with Gasteiger partial charge in [0.1, 0.15) is 5.75 Å². The zero-order valence-corrected chi connectivity index (χ0v) is 13.4. The predicted molar refractivity (Wildman–Crippen MR) is 79.8 cm³/mol. The summed E-state index contributed by atoms with van der Waals surface area (Å²) in [6, 6.07) is 4.44. The molecule has 7 heteroatoms. The summed E-state index contributed by atoms with van der Waals surface area (Å²) in [5, 5.41) is 2.76. The monoisotopic (exact) mass is 312 g/mol. The number of nitrogens with zero attached hydrogens (tertiary/aromatic N) is 1. The minimum atomic E-state index is -3.55. The fraction of sp³-hybridized carbons (Fsp3) is 0.500. The third-order valence-electron chi connectivity index (χ3n) is 3.65. The summed E-state index contributed by atoms with van der Waals surface area (Å²) < 4.78 is 30.6. The van der Waals surface area contributed by atoms with Gasteiger partial charge in [-0.25, -0.2) is 12.7 Å². The molecule has 0 saturated heterocycles. The number of hydrogen-bond acceptors (Lipinski definition) is 4. The fourth-order valence-electron chi connectivity index (χ4n) is 2.07. The van der Waals surface area contributed by atoms with Crippen molar-refractivity contribution in [2.24, 2.45) is 11.8 Å². The van der Waals surface area contributed by atoms with Crippen molar-refractivity contribution in [1.82, 2.24) is 4.31 Å². The highest BCUT2D eigenvalue weighted by Crippen LogP contribution is 2.39. The number of anilines is 1. The Hall–Kier alpha value is -1.60. The van der Waals surface area contributed by atoms with Crippen LogP contribution in [0.2, 0.25) is 0 Å². The maximum atomic E-state index is 12.1. The highest BCUT2D eigenvalue weighted by Gasteiger charge is 2.39. The molecule has 0 spiro atoms. The molecule has 2 unspecified atom stereocenters. The van der Waals surface area contributed by atoms with Crippen molar-refractivity contribution in [1.29, 1.82) is 0 Å². The third-order valence-corrected chi connectivity index (χ3v) is 5.46. The van der Waals surface area contributed by atoms with Gasteiger partial charge in [0.15, 0.2) is 0 Å². The molecule has 21 heavy (non-hydrogen) atoms. The highest BCUT2D eigenvalue weighted by molar-refractivity contribution is 7.89. The van der Waals surface area contributed by atoms with Gasteiger partial charge in [-0.15, -0.1) is 0 Å². The Bertz CT molecular complexity index is 655. The Morgan fingerprint density at radius 3 is 2.48 bits per heavy atom. The standard InChI is InChI=1S/C14H20N2O4S/c1-9-7-11(9)14(17)15-12-8-10(5-6-13(12)20-4)21(18,19)16(2)3/h5-6,8-9,11H,7H2,1-4H3,(H,15,17). The third kappa shape index (κ3) is 3.19. The van der Waals surface area contributed by atoms with E-state index in [1.54, 1.807) is 6.07 Å². The summed E-state index contributed by atoms with van der Waals surface area (Å²) >= 11 is 0. The first kappa shape index (κ1) is 15.8. The van der Waals surface area contributed by atoms with E-state index in [0.717, 1.165) is 10.7 Å². The zero-order chi connectivity index (χ0) is 15.8. The molecular weight excluding hydrogens is 292 g/mol. The van der Waals surface area contributed by atoms with E-state index in [2.05, 4.69) is 5.32 Å². The second kappa shape index (κ2) is 5.65. The van der Waals surface area contributed by atoms with Crippen LogP contribution in [0.5, 0.6) is 5.75 Å². The lowest BCUT2D eigenvalue weighted by molar-refractivity contribution is -0.117. The van der Waals surface area contributed by atoms with Crippen LogP contribution in [0.15, 0.2) is 23.1 Å². The minimum Gasteiger partial charge on any atom is -0.495 e. The molecule has 6 nitrogen and oxygen atoms in total. The van der Waals surface area contributed by atoms with E-state index in [-0.39, 0.29) is 16.7 Å². The average Bonchev–Trinajstić information content (AvgIpc) is 3.15. The van der Waals surface area contributed by atoms with Gasteiger partial charge in [0.25, 0.3) is 0 Å². The van der Waals surface area contributed by atoms with Crippen molar-refractivity contribution >= 4 is 21.6 Å². The number of methoxy groups -OCH3 is 1. The van der Waals surface area contributed by atoms with Gasteiger partial charge in [0.05, 0.1) is 17.7 Å². The predicted octanol–water partition coefficient (Wildman–Crippen LogP) is 1.54. The number of nitrogens with one attached hydrogen (secondary N) is 1. The van der Waals surface area contributed by atoms with Crippen molar-refractivity contribution in [3.8, 4) is 5.75 Å². The quantitative estimate of drug-likeness (QED) is 0.895. The smallest absolute Gasteiger partial charge is 0.242 e. The summed E-state index contributed by atoms with van der Waals surface area (Å²) in [5.41, 5.74) is 0.379. The number of ether oxygens (including phenoxy) is 1. The van der Waals surface area contributed by atoms with Crippen molar-refractivity contribution in [3.63, 3.8) is 0 Å². The minimum absolute atomic E-state index is 0.00354. The molecule has 1 aromatic rings. The molecule has 1 N–H and O–H groups in total. The summed E-state index contributed by atoms with van der Waals surface area (Å²) in [6.45, 7) is 2.01. The maximum absolute atomic E-state index is 12.1. The molecular formula is C14H20N2O4S. The Morgan fingerprint density at radius 2 is 2.00 bits per heavy atom. The van der Waals surface area contributed by atoms with E-state index in [1.165, 1.54) is 33.3 Å². The molecule has 1 aliphatic carbocycles. The molecule has 2 atom stereocenters. The summed E-state index contributed by atoms with van der Waals surface area (Å²) in [5.74, 6) is 0.725. The Labute approximate surface area is 125 Å². The molecule has 1 fully saturated rings. The van der Waals surface area contributed by atoms with Crippen LogP contribution in [0.4, 0.5) is 5.69 Å². The Morgan fingerprint density at radius 1 is 1.38 bits per heavy atom. The van der Waals surface area contributed by atoms with Crippen molar-refractivity contribution in [3.05, 3.63) is 18.2 Å². The molecule has 1 aromatic carbocycles. The molecule has 0 radical (unpaired) electrons. The molecule has 0 heterocycles. The first-order valence-electron chi connectivity index (χ1n) is 6.68. The second-order valence-corrected chi connectivity index (χ2v) is 7.61. The number of benzene rings is 1. The van der Waals surface area contributed by atoms with Crippen LogP contribution < -0.4 is 10.1 Å². The molecule has 0 aromatic heterocycles. The molecule has 2 rings (SSSR count). The van der Waals surface area contributed by atoms with Gasteiger partial charge in [-0.3, -0.25) is 4.79 Å². The summed E-state index contributed by atoms with van der Waals surface area (Å²) in [6.07, 6.45) is 0.865. The van der Waals surface area contributed by atoms with Gasteiger partial charge in [-0.05, 0) is 30.5 Å². The molecule has 116 valence electrons. The number of sulfonamides is 1. The van der Waals surface area contributed by atoms with Crippen molar-refractivity contribution < 1.29 is 17.9 Å². The van der Waals surface area contributed by atoms with Gasteiger partial charge in [0, 0.05) is 20.0 Å². The molecule has 0 bridgehead atoms. The van der Waals surface area contributed by atoms with E-state index < -0.39 is 10.0 Å². The van der Waals surface area contributed by atoms with E-state index >= 15 is 0 Å². The lowest BCUT2D eigenvalue weighted by Crippen LogP contribution is -2.22. The lowest BCUT2D eigenvalue weighted by atomic mass is 10.2. The van der Waals surface area contributed by atoms with Gasteiger partial charge < -0.3 is 10.1 Å². The topological polar surface area (TPSA) is 75.7 Å². The summed E-state index contributed by atoms with van der Waals surface area (Å²) in [4.78, 5) is 12.1. The van der Waals surface area contributed by atoms with E-state index in [0.29, 0.717) is 17.4 Å².